The molecule has 2 saturated heterocycles. The van der Waals surface area contributed by atoms with E-state index in [1.54, 1.807) is 0 Å². The van der Waals surface area contributed by atoms with Crippen LogP contribution in [0.1, 0.15) is 43.7 Å². The van der Waals surface area contributed by atoms with Crippen LogP contribution in [0.2, 0.25) is 0 Å². The van der Waals surface area contributed by atoms with Crippen LogP contribution in [0.25, 0.3) is 0 Å². The zero-order valence-corrected chi connectivity index (χ0v) is 16.5. The third kappa shape index (κ3) is 4.02. The second-order valence-electron chi connectivity index (χ2n) is 7.46. The zero-order chi connectivity index (χ0) is 17.2. The van der Waals surface area contributed by atoms with Crippen LogP contribution in [0.5, 0.6) is 0 Å². The number of nitrogens with one attached hydrogen (secondary N) is 1. The van der Waals surface area contributed by atoms with Crippen molar-refractivity contribution >= 4 is 24.0 Å². The number of likely N-dealkylation sites (tertiary alicyclic amines) is 1. The lowest BCUT2D eigenvalue weighted by Gasteiger charge is -2.58. The summed E-state index contributed by atoms with van der Waals surface area (Å²) < 4.78 is 5.55. The van der Waals surface area contributed by atoms with Crippen LogP contribution in [-0.2, 0) is 9.53 Å². The highest BCUT2D eigenvalue weighted by atomic mass is 35.5. The van der Waals surface area contributed by atoms with Gasteiger partial charge in [-0.3, -0.25) is 9.69 Å². The standard InChI is InChI=1S/C20H30N2O2.ClH/c1-4-5-11-22-14-20(9-12-24-13-10-20)18(22)19(23)21-17-15(2)7-6-8-16(17)3;/h6-8,18H,4-5,9-14H2,1-3H3,(H,21,23);1H. The van der Waals surface area contributed by atoms with Crippen molar-refractivity contribution in [2.75, 3.05) is 31.6 Å². The Bertz CT molecular complexity index is 579. The number of halogens is 1. The van der Waals surface area contributed by atoms with Crippen LogP contribution in [0.15, 0.2) is 18.2 Å². The molecule has 1 spiro atoms. The molecule has 25 heavy (non-hydrogen) atoms. The molecule has 2 aliphatic rings. The number of aryl methyl sites for hydroxylation is 2. The number of nitrogens with zero attached hydrogens (tertiary/aromatic N) is 1. The molecule has 0 aromatic heterocycles. The Labute approximate surface area is 157 Å². The topological polar surface area (TPSA) is 41.6 Å². The van der Waals surface area contributed by atoms with Crippen molar-refractivity contribution in [1.29, 1.82) is 0 Å². The van der Waals surface area contributed by atoms with Gasteiger partial charge in [-0.1, -0.05) is 31.5 Å². The molecule has 5 heteroatoms. The number of hydrogen-bond acceptors (Lipinski definition) is 3. The summed E-state index contributed by atoms with van der Waals surface area (Å²) in [6.07, 6.45) is 4.32. The van der Waals surface area contributed by atoms with Gasteiger partial charge in [0.2, 0.25) is 5.91 Å². The van der Waals surface area contributed by atoms with E-state index in [0.29, 0.717) is 0 Å². The van der Waals surface area contributed by atoms with Crippen molar-refractivity contribution in [3.05, 3.63) is 29.3 Å². The number of para-hydroxylation sites is 1. The van der Waals surface area contributed by atoms with Crippen LogP contribution in [0.4, 0.5) is 5.69 Å². The quantitative estimate of drug-likeness (QED) is 0.858. The number of hydrogen-bond donors (Lipinski definition) is 1. The molecule has 1 atom stereocenters. The number of anilines is 1. The van der Waals surface area contributed by atoms with E-state index in [-0.39, 0.29) is 29.8 Å². The van der Waals surface area contributed by atoms with Crippen LogP contribution >= 0.6 is 12.4 Å². The Balaban J connectivity index is 0.00000225. The predicted molar refractivity (Wildman–Crippen MR) is 105 cm³/mol. The van der Waals surface area contributed by atoms with Crippen LogP contribution < -0.4 is 5.32 Å². The molecule has 0 bridgehead atoms. The summed E-state index contributed by atoms with van der Waals surface area (Å²) in [6, 6.07) is 6.15. The molecule has 0 radical (unpaired) electrons. The minimum absolute atomic E-state index is 0. The summed E-state index contributed by atoms with van der Waals surface area (Å²) >= 11 is 0. The van der Waals surface area contributed by atoms with Crippen LogP contribution in [0.3, 0.4) is 0 Å². The minimum atomic E-state index is -0.00745. The van der Waals surface area contributed by atoms with Gasteiger partial charge in [0.1, 0.15) is 0 Å². The first-order valence-electron chi connectivity index (χ1n) is 9.26. The number of carbonyl (C=O) groups excluding carboxylic acids is 1. The molecule has 2 fully saturated rings. The Morgan fingerprint density at radius 3 is 2.52 bits per heavy atom. The Kier molecular flexibility index (Phi) is 6.89. The van der Waals surface area contributed by atoms with Crippen LogP contribution in [0, 0.1) is 19.3 Å². The number of carbonyl (C=O) groups is 1. The molecule has 0 saturated carbocycles. The first-order chi connectivity index (χ1) is 11.6. The number of rotatable bonds is 5. The van der Waals surface area contributed by atoms with Gasteiger partial charge < -0.3 is 10.1 Å². The van der Waals surface area contributed by atoms with Crippen molar-refractivity contribution < 1.29 is 9.53 Å². The summed E-state index contributed by atoms with van der Waals surface area (Å²) in [5.74, 6) is 0.164. The number of ether oxygens (including phenoxy) is 1. The highest BCUT2D eigenvalue weighted by molar-refractivity contribution is 5.97. The molecule has 2 heterocycles. The minimum Gasteiger partial charge on any atom is -0.381 e. The van der Waals surface area contributed by atoms with Crippen molar-refractivity contribution in [2.45, 2.75) is 52.5 Å². The molecule has 1 aromatic rings. The average Bonchev–Trinajstić information content (AvgIpc) is 2.56. The van der Waals surface area contributed by atoms with Crippen molar-refractivity contribution in [1.82, 2.24) is 4.90 Å². The fourth-order valence-corrected chi connectivity index (χ4v) is 4.28. The summed E-state index contributed by atoms with van der Waals surface area (Å²) in [5, 5.41) is 3.24. The molecule has 1 amide bonds. The average molecular weight is 367 g/mol. The molecule has 140 valence electrons. The van der Waals surface area contributed by atoms with Gasteiger partial charge in [-0.15, -0.1) is 12.4 Å². The molecule has 1 aromatic carbocycles. The number of unbranched alkanes of at least 4 members (excludes halogenated alkanes) is 1. The van der Waals surface area contributed by atoms with E-state index in [1.165, 1.54) is 0 Å². The van der Waals surface area contributed by atoms with Crippen molar-refractivity contribution in [2.24, 2.45) is 5.41 Å². The second-order valence-corrected chi connectivity index (χ2v) is 7.46. The van der Waals surface area contributed by atoms with E-state index in [4.69, 9.17) is 4.74 Å². The SMILES string of the molecule is CCCCN1CC2(CCOCC2)C1C(=O)Nc1c(C)cccc1C.Cl. The Morgan fingerprint density at radius 1 is 1.28 bits per heavy atom. The summed E-state index contributed by atoms with van der Waals surface area (Å²) in [4.78, 5) is 15.5. The van der Waals surface area contributed by atoms with E-state index >= 15 is 0 Å². The van der Waals surface area contributed by atoms with Gasteiger partial charge in [0.15, 0.2) is 0 Å². The molecule has 0 aliphatic carbocycles. The number of benzene rings is 1. The van der Waals surface area contributed by atoms with Crippen LogP contribution in [-0.4, -0.2) is 43.2 Å². The molecule has 1 N–H and O–H groups in total. The molecule has 3 rings (SSSR count). The maximum atomic E-state index is 13.2. The Morgan fingerprint density at radius 2 is 1.92 bits per heavy atom. The predicted octanol–water partition coefficient (Wildman–Crippen LogP) is 3.94. The molecule has 4 nitrogen and oxygen atoms in total. The van der Waals surface area contributed by atoms with Gasteiger partial charge in [0, 0.05) is 30.9 Å². The zero-order valence-electron chi connectivity index (χ0n) is 15.6. The third-order valence-corrected chi connectivity index (χ3v) is 5.73. The van der Waals surface area contributed by atoms with Gasteiger partial charge in [0.05, 0.1) is 6.04 Å². The van der Waals surface area contributed by atoms with Gasteiger partial charge in [-0.2, -0.15) is 0 Å². The summed E-state index contributed by atoms with van der Waals surface area (Å²) in [5.41, 5.74) is 3.35. The second kappa shape index (κ2) is 8.52. The normalized spacial score (nSPS) is 22.1. The smallest absolute Gasteiger partial charge is 0.242 e. The summed E-state index contributed by atoms with van der Waals surface area (Å²) in [6.45, 7) is 9.95. The van der Waals surface area contributed by atoms with E-state index in [9.17, 15) is 4.79 Å². The summed E-state index contributed by atoms with van der Waals surface area (Å²) in [7, 11) is 0. The number of amides is 1. The first-order valence-corrected chi connectivity index (χ1v) is 9.26. The third-order valence-electron chi connectivity index (χ3n) is 5.73. The van der Waals surface area contributed by atoms with Crippen molar-refractivity contribution in [3.8, 4) is 0 Å². The van der Waals surface area contributed by atoms with Crippen molar-refractivity contribution in [3.63, 3.8) is 0 Å². The maximum Gasteiger partial charge on any atom is 0.242 e. The van der Waals surface area contributed by atoms with E-state index in [2.05, 4.69) is 43.1 Å². The maximum absolute atomic E-state index is 13.2. The highest BCUT2D eigenvalue weighted by Crippen LogP contribution is 2.46. The molecular weight excluding hydrogens is 336 g/mol. The van der Waals surface area contributed by atoms with Gasteiger partial charge in [-0.25, -0.2) is 0 Å². The molecule has 1 unspecified atom stereocenters. The Hall–Kier alpha value is -1.10. The van der Waals surface area contributed by atoms with E-state index in [1.807, 2.05) is 6.07 Å². The van der Waals surface area contributed by atoms with Gasteiger partial charge in [-0.05, 0) is 50.8 Å². The highest BCUT2D eigenvalue weighted by Gasteiger charge is 2.55. The van der Waals surface area contributed by atoms with E-state index in [0.717, 1.165) is 68.8 Å². The van der Waals surface area contributed by atoms with E-state index < -0.39 is 0 Å². The fourth-order valence-electron chi connectivity index (χ4n) is 4.28. The van der Waals surface area contributed by atoms with Gasteiger partial charge in [0.25, 0.3) is 0 Å². The first kappa shape index (κ1) is 20.2. The lowest BCUT2D eigenvalue weighted by Crippen LogP contribution is -2.70. The largest absolute Gasteiger partial charge is 0.381 e. The lowest BCUT2D eigenvalue weighted by atomic mass is 9.65. The molecular formula is C20H31ClN2O2. The lowest BCUT2D eigenvalue weighted by molar-refractivity contribution is -0.157. The van der Waals surface area contributed by atoms with Gasteiger partial charge >= 0.3 is 0 Å². The fraction of sp³-hybridized carbons (Fsp3) is 0.650. The molecule has 2 aliphatic heterocycles. The monoisotopic (exact) mass is 366 g/mol.